The summed E-state index contributed by atoms with van der Waals surface area (Å²) in [7, 11) is 1.64. The molecular weight excluding hydrogens is 318 g/mol. The maximum atomic E-state index is 12.6. The summed E-state index contributed by atoms with van der Waals surface area (Å²) < 4.78 is 1.93. The fraction of sp³-hybridized carbons (Fsp3) is 0.368. The number of carbonyl (C=O) groups excluding carboxylic acids is 2. The second-order valence-electron chi connectivity index (χ2n) is 6.41. The molecular formula is C19H23N3O3. The van der Waals surface area contributed by atoms with Crippen molar-refractivity contribution in [3.63, 3.8) is 0 Å². The Morgan fingerprint density at radius 1 is 1.16 bits per heavy atom. The summed E-state index contributed by atoms with van der Waals surface area (Å²) in [6.07, 6.45) is 4.72. The molecule has 6 heteroatoms. The van der Waals surface area contributed by atoms with Gasteiger partial charge >= 0.3 is 0 Å². The Morgan fingerprint density at radius 3 is 2.52 bits per heavy atom. The van der Waals surface area contributed by atoms with Crippen LogP contribution in [0.25, 0.3) is 5.69 Å². The van der Waals surface area contributed by atoms with Gasteiger partial charge in [-0.2, -0.15) is 0 Å². The quantitative estimate of drug-likeness (QED) is 0.917. The maximum Gasteiger partial charge on any atom is 0.254 e. The molecule has 2 aromatic rings. The Hall–Kier alpha value is -2.60. The average Bonchev–Trinajstić information content (AvgIpc) is 3.16. The van der Waals surface area contributed by atoms with Crippen LogP contribution in [0.3, 0.4) is 0 Å². The van der Waals surface area contributed by atoms with Gasteiger partial charge in [-0.3, -0.25) is 9.59 Å². The number of aliphatic hydroxyl groups is 1. The van der Waals surface area contributed by atoms with Crippen LogP contribution in [0.2, 0.25) is 0 Å². The van der Waals surface area contributed by atoms with Crippen LogP contribution in [0, 0.1) is 0 Å². The van der Waals surface area contributed by atoms with Crippen LogP contribution in [0.5, 0.6) is 0 Å². The molecule has 1 fully saturated rings. The number of hydrogen-bond donors (Lipinski definition) is 1. The normalized spacial score (nSPS) is 15.2. The molecule has 1 saturated heterocycles. The van der Waals surface area contributed by atoms with Crippen LogP contribution < -0.4 is 0 Å². The van der Waals surface area contributed by atoms with Gasteiger partial charge in [-0.15, -0.1) is 0 Å². The summed E-state index contributed by atoms with van der Waals surface area (Å²) in [4.78, 5) is 28.2. The van der Waals surface area contributed by atoms with E-state index in [0.29, 0.717) is 31.5 Å². The first-order valence-electron chi connectivity index (χ1n) is 8.49. The van der Waals surface area contributed by atoms with E-state index in [9.17, 15) is 14.7 Å². The van der Waals surface area contributed by atoms with E-state index in [1.165, 1.54) is 4.90 Å². The molecule has 0 spiro atoms. The molecule has 132 valence electrons. The number of aromatic nitrogens is 1. The van der Waals surface area contributed by atoms with Crippen LogP contribution in [0.15, 0.2) is 48.8 Å². The van der Waals surface area contributed by atoms with Crippen molar-refractivity contribution in [3.8, 4) is 5.69 Å². The molecule has 0 radical (unpaired) electrons. The van der Waals surface area contributed by atoms with Gasteiger partial charge in [0.25, 0.3) is 5.91 Å². The maximum absolute atomic E-state index is 12.6. The van der Waals surface area contributed by atoms with Gasteiger partial charge in [0.1, 0.15) is 0 Å². The zero-order valence-electron chi connectivity index (χ0n) is 14.3. The molecule has 1 aliphatic heterocycles. The molecule has 0 saturated carbocycles. The number of hydrogen-bond acceptors (Lipinski definition) is 3. The molecule has 1 N–H and O–H groups in total. The van der Waals surface area contributed by atoms with Crippen molar-refractivity contribution < 1.29 is 14.7 Å². The van der Waals surface area contributed by atoms with Gasteiger partial charge in [-0.05, 0) is 43.2 Å². The highest BCUT2D eigenvalue weighted by Crippen LogP contribution is 2.14. The molecule has 0 bridgehead atoms. The lowest BCUT2D eigenvalue weighted by atomic mass is 10.1. The van der Waals surface area contributed by atoms with Crippen LogP contribution >= 0.6 is 0 Å². The minimum Gasteiger partial charge on any atom is -0.393 e. The Balaban J connectivity index is 1.64. The average molecular weight is 341 g/mol. The number of amides is 2. The molecule has 1 aromatic carbocycles. The lowest BCUT2D eigenvalue weighted by molar-refractivity contribution is -0.133. The van der Waals surface area contributed by atoms with E-state index >= 15 is 0 Å². The first-order chi connectivity index (χ1) is 12.0. The van der Waals surface area contributed by atoms with E-state index in [1.807, 2.05) is 47.3 Å². The SMILES string of the molecule is CN(CC(=O)N1CCC(O)CC1)C(=O)c1cccc(-n2cccc2)c1. The smallest absolute Gasteiger partial charge is 0.254 e. The first-order valence-corrected chi connectivity index (χ1v) is 8.49. The summed E-state index contributed by atoms with van der Waals surface area (Å²) in [6.45, 7) is 1.14. The molecule has 6 nitrogen and oxygen atoms in total. The number of carbonyl (C=O) groups is 2. The minimum atomic E-state index is -0.320. The number of likely N-dealkylation sites (N-methyl/N-ethyl adjacent to an activating group) is 1. The fourth-order valence-corrected chi connectivity index (χ4v) is 3.02. The van der Waals surface area contributed by atoms with Crippen LogP contribution in [-0.4, -0.2) is 64.1 Å². The van der Waals surface area contributed by atoms with Crippen LogP contribution in [-0.2, 0) is 4.79 Å². The zero-order valence-corrected chi connectivity index (χ0v) is 14.3. The van der Waals surface area contributed by atoms with Gasteiger partial charge in [-0.25, -0.2) is 0 Å². The lowest BCUT2D eigenvalue weighted by Crippen LogP contribution is -2.45. The van der Waals surface area contributed by atoms with E-state index in [-0.39, 0.29) is 24.5 Å². The predicted molar refractivity (Wildman–Crippen MR) is 94.6 cm³/mol. The molecule has 0 unspecified atom stereocenters. The van der Waals surface area contributed by atoms with E-state index in [1.54, 1.807) is 18.0 Å². The number of aliphatic hydroxyl groups excluding tert-OH is 1. The number of benzene rings is 1. The molecule has 0 atom stereocenters. The highest BCUT2D eigenvalue weighted by atomic mass is 16.3. The van der Waals surface area contributed by atoms with Gasteiger partial charge in [0, 0.05) is 43.8 Å². The second kappa shape index (κ2) is 7.53. The summed E-state index contributed by atoms with van der Waals surface area (Å²) >= 11 is 0. The summed E-state index contributed by atoms with van der Waals surface area (Å²) in [5, 5.41) is 9.53. The zero-order chi connectivity index (χ0) is 17.8. The topological polar surface area (TPSA) is 65.8 Å². The number of likely N-dealkylation sites (tertiary alicyclic amines) is 1. The van der Waals surface area contributed by atoms with Crippen molar-refractivity contribution in [1.29, 1.82) is 0 Å². The summed E-state index contributed by atoms with van der Waals surface area (Å²) in [5.74, 6) is -0.260. The van der Waals surface area contributed by atoms with E-state index < -0.39 is 0 Å². The van der Waals surface area contributed by atoms with Crippen molar-refractivity contribution in [2.75, 3.05) is 26.7 Å². The largest absolute Gasteiger partial charge is 0.393 e. The summed E-state index contributed by atoms with van der Waals surface area (Å²) in [6, 6.07) is 11.2. The third kappa shape index (κ3) is 4.09. The van der Waals surface area contributed by atoms with Crippen molar-refractivity contribution in [2.24, 2.45) is 0 Å². The van der Waals surface area contributed by atoms with E-state index in [0.717, 1.165) is 5.69 Å². The Labute approximate surface area is 147 Å². The third-order valence-corrected chi connectivity index (χ3v) is 4.53. The van der Waals surface area contributed by atoms with Gasteiger partial charge in [-0.1, -0.05) is 6.07 Å². The number of piperidine rings is 1. The number of rotatable bonds is 4. The van der Waals surface area contributed by atoms with Gasteiger partial charge < -0.3 is 19.5 Å². The second-order valence-corrected chi connectivity index (χ2v) is 6.41. The van der Waals surface area contributed by atoms with Crippen molar-refractivity contribution in [2.45, 2.75) is 18.9 Å². The van der Waals surface area contributed by atoms with E-state index in [2.05, 4.69) is 0 Å². The highest BCUT2D eigenvalue weighted by Gasteiger charge is 2.23. The Kier molecular flexibility index (Phi) is 5.19. The third-order valence-electron chi connectivity index (χ3n) is 4.53. The van der Waals surface area contributed by atoms with Crippen molar-refractivity contribution in [1.82, 2.24) is 14.4 Å². The molecule has 2 amide bonds. The van der Waals surface area contributed by atoms with Crippen molar-refractivity contribution >= 4 is 11.8 Å². The summed E-state index contributed by atoms with van der Waals surface area (Å²) in [5.41, 5.74) is 1.45. The minimum absolute atomic E-state index is 0.0443. The molecule has 1 aromatic heterocycles. The molecule has 25 heavy (non-hydrogen) atoms. The Bertz CT molecular complexity index is 734. The molecule has 3 rings (SSSR count). The predicted octanol–water partition coefficient (Wildman–Crippen LogP) is 1.53. The monoisotopic (exact) mass is 341 g/mol. The Morgan fingerprint density at radius 2 is 1.84 bits per heavy atom. The standard InChI is InChI=1S/C19H23N3O3/c1-20(14-18(24)22-11-7-17(23)8-12-22)19(25)15-5-4-6-16(13-15)21-9-2-3-10-21/h2-6,9-10,13,17,23H,7-8,11-12,14H2,1H3. The van der Waals surface area contributed by atoms with Gasteiger partial charge in [0.15, 0.2) is 0 Å². The van der Waals surface area contributed by atoms with E-state index in [4.69, 9.17) is 0 Å². The number of nitrogens with zero attached hydrogens (tertiary/aromatic N) is 3. The van der Waals surface area contributed by atoms with Crippen LogP contribution in [0.4, 0.5) is 0 Å². The molecule has 2 heterocycles. The van der Waals surface area contributed by atoms with Gasteiger partial charge in [0.2, 0.25) is 5.91 Å². The molecule has 1 aliphatic rings. The molecule has 0 aliphatic carbocycles. The van der Waals surface area contributed by atoms with Crippen LogP contribution in [0.1, 0.15) is 23.2 Å². The lowest BCUT2D eigenvalue weighted by Gasteiger charge is -2.31. The van der Waals surface area contributed by atoms with Gasteiger partial charge in [0.05, 0.1) is 12.6 Å². The highest BCUT2D eigenvalue weighted by molar-refractivity contribution is 5.96. The fourth-order valence-electron chi connectivity index (χ4n) is 3.02. The van der Waals surface area contributed by atoms with Crippen molar-refractivity contribution in [3.05, 3.63) is 54.4 Å². The first kappa shape index (κ1) is 17.2.